The fourth-order valence-electron chi connectivity index (χ4n) is 3.23. The molecule has 0 amide bonds. The Balaban J connectivity index is 0.000000256. The summed E-state index contributed by atoms with van der Waals surface area (Å²) in [4.78, 5) is 0. The molecule has 0 bridgehead atoms. The van der Waals surface area contributed by atoms with E-state index in [2.05, 4.69) is 27.0 Å². The summed E-state index contributed by atoms with van der Waals surface area (Å²) in [7, 11) is 0. The van der Waals surface area contributed by atoms with Crippen molar-refractivity contribution in [2.24, 2.45) is 0 Å². The number of halogens is 3. The Morgan fingerprint density at radius 2 is 1.77 bits per heavy atom. The summed E-state index contributed by atoms with van der Waals surface area (Å²) in [5, 5.41) is 0.178. The van der Waals surface area contributed by atoms with Crippen LogP contribution in [0.4, 0.5) is 8.78 Å². The maximum Gasteiger partial charge on any atom is 0.142 e. The first-order chi connectivity index (χ1) is 14.2. The zero-order valence-corrected chi connectivity index (χ0v) is 19.4. The van der Waals surface area contributed by atoms with Gasteiger partial charge in [0, 0.05) is 0 Å². The molecule has 1 aliphatic carbocycles. The second kappa shape index (κ2) is 13.2. The van der Waals surface area contributed by atoms with Crippen LogP contribution in [0.1, 0.15) is 62.6 Å². The highest BCUT2D eigenvalue weighted by Gasteiger charge is 2.14. The average Bonchev–Trinajstić information content (AvgIpc) is 3.17. The third kappa shape index (κ3) is 8.67. The van der Waals surface area contributed by atoms with Gasteiger partial charge in [0.1, 0.15) is 11.6 Å². The van der Waals surface area contributed by atoms with Crippen molar-refractivity contribution in [3.8, 4) is 0 Å². The summed E-state index contributed by atoms with van der Waals surface area (Å²) in [6.45, 7) is 15.5. The van der Waals surface area contributed by atoms with Gasteiger partial charge < -0.3 is 0 Å². The molecule has 0 saturated heterocycles. The Labute approximate surface area is 186 Å². The summed E-state index contributed by atoms with van der Waals surface area (Å²) >= 11 is 5.65. The minimum atomic E-state index is -0.350. The Morgan fingerprint density at radius 1 is 1.07 bits per heavy atom. The molecular weight excluding hydrogens is 398 g/mol. The van der Waals surface area contributed by atoms with Gasteiger partial charge in [-0.1, -0.05) is 66.9 Å². The molecule has 0 N–H and O–H groups in total. The molecule has 3 heteroatoms. The third-order valence-corrected chi connectivity index (χ3v) is 5.07. The van der Waals surface area contributed by atoms with E-state index in [1.165, 1.54) is 41.7 Å². The van der Waals surface area contributed by atoms with Crippen LogP contribution in [-0.2, 0) is 0 Å². The predicted molar refractivity (Wildman–Crippen MR) is 128 cm³/mol. The van der Waals surface area contributed by atoms with E-state index in [1.54, 1.807) is 19.1 Å². The molecule has 0 saturated carbocycles. The Hall–Kier alpha value is -2.19. The Morgan fingerprint density at radius 3 is 2.23 bits per heavy atom. The summed E-state index contributed by atoms with van der Waals surface area (Å²) in [5.74, 6) is -0.474. The van der Waals surface area contributed by atoms with Crippen LogP contribution in [0.25, 0.3) is 5.57 Å². The maximum atomic E-state index is 13.3. The summed E-state index contributed by atoms with van der Waals surface area (Å²) in [5.41, 5.74) is 6.49. The van der Waals surface area contributed by atoms with Gasteiger partial charge in [0.2, 0.25) is 0 Å². The van der Waals surface area contributed by atoms with E-state index in [-0.39, 0.29) is 16.7 Å². The van der Waals surface area contributed by atoms with Gasteiger partial charge in [-0.05, 0) is 86.9 Å². The highest BCUT2D eigenvalue weighted by molar-refractivity contribution is 6.30. The number of hydrogen-bond donors (Lipinski definition) is 0. The van der Waals surface area contributed by atoms with E-state index in [4.69, 9.17) is 11.6 Å². The van der Waals surface area contributed by atoms with E-state index >= 15 is 0 Å². The lowest BCUT2D eigenvalue weighted by Crippen LogP contribution is -1.86. The second-order valence-electron chi connectivity index (χ2n) is 7.65. The van der Waals surface area contributed by atoms with E-state index in [1.807, 2.05) is 25.1 Å². The summed E-state index contributed by atoms with van der Waals surface area (Å²) < 4.78 is 25.8. The van der Waals surface area contributed by atoms with Crippen LogP contribution < -0.4 is 0 Å². The van der Waals surface area contributed by atoms with Crippen LogP contribution >= 0.6 is 11.6 Å². The van der Waals surface area contributed by atoms with Gasteiger partial charge >= 0.3 is 0 Å². The lowest BCUT2D eigenvalue weighted by molar-refractivity contribution is 0.618. The van der Waals surface area contributed by atoms with Crippen molar-refractivity contribution in [1.29, 1.82) is 0 Å². The molecule has 2 aromatic carbocycles. The van der Waals surface area contributed by atoms with E-state index in [0.717, 1.165) is 36.0 Å². The van der Waals surface area contributed by atoms with E-state index in [0.29, 0.717) is 0 Å². The zero-order chi connectivity index (χ0) is 22.7. The van der Waals surface area contributed by atoms with Crippen LogP contribution in [0.15, 0.2) is 66.8 Å². The molecule has 2 aromatic rings. The molecule has 0 nitrogen and oxygen atoms in total. The lowest BCUT2D eigenvalue weighted by atomic mass is 10.0. The monoisotopic (exact) mass is 430 g/mol. The van der Waals surface area contributed by atoms with E-state index < -0.39 is 0 Å². The third-order valence-electron chi connectivity index (χ3n) is 4.77. The van der Waals surface area contributed by atoms with Gasteiger partial charge in [-0.15, -0.1) is 6.58 Å². The Kier molecular flexibility index (Phi) is 11.4. The van der Waals surface area contributed by atoms with Gasteiger partial charge in [0.15, 0.2) is 0 Å². The van der Waals surface area contributed by atoms with Crippen molar-refractivity contribution < 1.29 is 8.78 Å². The lowest BCUT2D eigenvalue weighted by Gasteiger charge is -2.05. The molecule has 0 heterocycles. The standard InChI is InChI=1S/C13H12ClF.C8H9F.C6H12/c1-2-9-4-3-5-11(9)10-6-7-12(14)13(15)8-10;1-6-3-4-8(9)7(2)5-6;1-4-5-6(2)3/h2,6-8H,1,3-5H2;3-5H,1-2H3;2,4-5H2,1,3H3. The van der Waals surface area contributed by atoms with Crippen molar-refractivity contribution in [2.75, 3.05) is 0 Å². The molecule has 30 heavy (non-hydrogen) atoms. The van der Waals surface area contributed by atoms with Crippen molar-refractivity contribution in [3.63, 3.8) is 0 Å². The predicted octanol–water partition coefficient (Wildman–Crippen LogP) is 9.41. The first kappa shape index (κ1) is 25.8. The topological polar surface area (TPSA) is 0 Å². The fraction of sp³-hybridized carbons (Fsp3) is 0.333. The number of rotatable bonds is 4. The zero-order valence-electron chi connectivity index (χ0n) is 18.6. The number of aryl methyl sites for hydroxylation is 2. The molecule has 0 aromatic heterocycles. The first-order valence-corrected chi connectivity index (χ1v) is 10.7. The smallest absolute Gasteiger partial charge is 0.142 e. The van der Waals surface area contributed by atoms with Crippen LogP contribution in [0, 0.1) is 25.5 Å². The number of benzene rings is 2. The quantitative estimate of drug-likeness (QED) is 0.423. The van der Waals surface area contributed by atoms with Gasteiger partial charge in [-0.3, -0.25) is 0 Å². The Bertz CT molecular complexity index is 894. The van der Waals surface area contributed by atoms with Gasteiger partial charge in [-0.2, -0.15) is 0 Å². The molecule has 0 spiro atoms. The van der Waals surface area contributed by atoms with Crippen LogP contribution in [0.3, 0.4) is 0 Å². The molecule has 162 valence electrons. The van der Waals surface area contributed by atoms with Crippen molar-refractivity contribution >= 4 is 17.2 Å². The molecule has 0 radical (unpaired) electrons. The largest absolute Gasteiger partial charge is 0.207 e. The molecule has 0 atom stereocenters. The van der Waals surface area contributed by atoms with Crippen LogP contribution in [0.5, 0.6) is 0 Å². The molecule has 0 fully saturated rings. The molecule has 0 unspecified atom stereocenters. The minimum Gasteiger partial charge on any atom is -0.207 e. The molecule has 0 aliphatic heterocycles. The summed E-state index contributed by atoms with van der Waals surface area (Å²) in [6.07, 6.45) is 7.45. The minimum absolute atomic E-state index is 0.124. The SMILES string of the molecule is C=C(C)CCC.C=CC1=C(c2ccc(Cl)c(F)c2)CCC1.Cc1ccc(F)c(C)c1. The average molecular weight is 431 g/mol. The second-order valence-corrected chi connectivity index (χ2v) is 8.06. The molecular formula is C27H33ClF2. The highest BCUT2D eigenvalue weighted by Crippen LogP contribution is 2.35. The van der Waals surface area contributed by atoms with Gasteiger partial charge in [-0.25, -0.2) is 8.78 Å². The van der Waals surface area contributed by atoms with E-state index in [9.17, 15) is 8.78 Å². The van der Waals surface area contributed by atoms with Crippen LogP contribution in [-0.4, -0.2) is 0 Å². The van der Waals surface area contributed by atoms with Crippen LogP contribution in [0.2, 0.25) is 5.02 Å². The van der Waals surface area contributed by atoms with Gasteiger partial charge in [0.25, 0.3) is 0 Å². The normalized spacial score (nSPS) is 12.5. The molecule has 1 aliphatic rings. The number of allylic oxidation sites excluding steroid dienone is 4. The van der Waals surface area contributed by atoms with Gasteiger partial charge in [0.05, 0.1) is 5.02 Å². The molecule has 3 rings (SSSR count). The maximum absolute atomic E-state index is 13.3. The fourth-order valence-corrected chi connectivity index (χ4v) is 3.34. The highest BCUT2D eigenvalue weighted by atomic mass is 35.5. The van der Waals surface area contributed by atoms with Crippen molar-refractivity contribution in [1.82, 2.24) is 0 Å². The number of hydrogen-bond acceptors (Lipinski definition) is 0. The van der Waals surface area contributed by atoms with Crippen molar-refractivity contribution in [2.45, 2.75) is 59.8 Å². The van der Waals surface area contributed by atoms with Crippen molar-refractivity contribution in [3.05, 3.63) is 100 Å². The first-order valence-electron chi connectivity index (χ1n) is 10.4. The summed E-state index contributed by atoms with van der Waals surface area (Å²) in [6, 6.07) is 10.1.